The number of carbonyl (C=O) groups is 2. The molecule has 3 N–H and O–H groups in total. The number of rotatable bonds is 5. The zero-order valence-corrected chi connectivity index (χ0v) is 12.1. The Hall–Kier alpha value is -2.24. The number of carbonyl (C=O) groups excluding carboxylic acids is 2. The average molecular weight is 279 g/mol. The summed E-state index contributed by atoms with van der Waals surface area (Å²) in [6.07, 6.45) is 0. The quantitative estimate of drug-likeness (QED) is 0.638. The molecular formula is C14H21N3O3. The van der Waals surface area contributed by atoms with E-state index in [2.05, 4.69) is 5.32 Å². The van der Waals surface area contributed by atoms with Crippen LogP contribution < -0.4 is 11.1 Å². The fourth-order valence-electron chi connectivity index (χ4n) is 1.65. The van der Waals surface area contributed by atoms with Crippen LogP contribution in [0.4, 0.5) is 16.2 Å². The Morgan fingerprint density at radius 1 is 1.40 bits per heavy atom. The molecule has 2 amide bonds. The number of amides is 2. The van der Waals surface area contributed by atoms with E-state index in [1.54, 1.807) is 31.2 Å². The molecule has 0 aliphatic heterocycles. The van der Waals surface area contributed by atoms with Crippen molar-refractivity contribution in [2.45, 2.75) is 26.8 Å². The molecule has 110 valence electrons. The molecule has 6 nitrogen and oxygen atoms in total. The highest BCUT2D eigenvalue weighted by Crippen LogP contribution is 2.13. The molecule has 0 heterocycles. The van der Waals surface area contributed by atoms with Crippen LogP contribution in [0.25, 0.3) is 0 Å². The minimum atomic E-state index is -0.427. The van der Waals surface area contributed by atoms with E-state index in [0.717, 1.165) is 0 Å². The zero-order chi connectivity index (χ0) is 15.1. The number of hydrogen-bond donors (Lipinski definition) is 2. The average Bonchev–Trinajstić information content (AvgIpc) is 2.35. The van der Waals surface area contributed by atoms with Crippen molar-refractivity contribution in [1.29, 1.82) is 0 Å². The van der Waals surface area contributed by atoms with Crippen molar-refractivity contribution in [3.05, 3.63) is 24.3 Å². The minimum Gasteiger partial charge on any atom is -0.465 e. The summed E-state index contributed by atoms with van der Waals surface area (Å²) in [6, 6.07) is 6.38. The molecule has 0 unspecified atom stereocenters. The van der Waals surface area contributed by atoms with Gasteiger partial charge in [0.05, 0.1) is 6.61 Å². The maximum absolute atomic E-state index is 12.2. The molecule has 1 rings (SSSR count). The Morgan fingerprint density at radius 3 is 2.65 bits per heavy atom. The molecular weight excluding hydrogens is 258 g/mol. The standard InChI is InChI=1S/C14H21N3O3/c1-4-20-13(18)9-17(10(2)3)14(19)16-12-7-5-6-11(15)8-12/h5-8,10H,4,9,15H2,1-3H3,(H,16,19). The molecule has 1 aromatic carbocycles. The fraction of sp³-hybridized carbons (Fsp3) is 0.429. The van der Waals surface area contributed by atoms with Gasteiger partial charge in [0.25, 0.3) is 0 Å². The Balaban J connectivity index is 2.71. The van der Waals surface area contributed by atoms with Gasteiger partial charge >= 0.3 is 12.0 Å². The first-order valence-corrected chi connectivity index (χ1v) is 6.52. The lowest BCUT2D eigenvalue weighted by atomic mass is 10.3. The number of anilines is 2. The molecule has 0 bridgehead atoms. The van der Waals surface area contributed by atoms with E-state index in [4.69, 9.17) is 10.5 Å². The third-order valence-electron chi connectivity index (χ3n) is 2.63. The second-order valence-electron chi connectivity index (χ2n) is 4.58. The van der Waals surface area contributed by atoms with E-state index in [1.807, 2.05) is 13.8 Å². The van der Waals surface area contributed by atoms with Gasteiger partial charge in [-0.2, -0.15) is 0 Å². The molecule has 0 fully saturated rings. The highest BCUT2D eigenvalue weighted by atomic mass is 16.5. The number of nitrogens with one attached hydrogen (secondary N) is 1. The molecule has 0 radical (unpaired) electrons. The first-order valence-electron chi connectivity index (χ1n) is 6.52. The van der Waals surface area contributed by atoms with Crippen molar-refractivity contribution < 1.29 is 14.3 Å². The number of hydrogen-bond acceptors (Lipinski definition) is 4. The van der Waals surface area contributed by atoms with Crippen molar-refractivity contribution in [3.63, 3.8) is 0 Å². The maximum atomic E-state index is 12.2. The van der Waals surface area contributed by atoms with Crippen LogP contribution in [0.3, 0.4) is 0 Å². The Labute approximate surface area is 118 Å². The van der Waals surface area contributed by atoms with Crippen molar-refractivity contribution in [3.8, 4) is 0 Å². The van der Waals surface area contributed by atoms with Gasteiger partial charge in [0, 0.05) is 17.4 Å². The number of nitrogen functional groups attached to an aromatic ring is 1. The summed E-state index contributed by atoms with van der Waals surface area (Å²) >= 11 is 0. The Morgan fingerprint density at radius 2 is 2.10 bits per heavy atom. The topological polar surface area (TPSA) is 84.7 Å². The second kappa shape index (κ2) is 7.37. The maximum Gasteiger partial charge on any atom is 0.325 e. The highest BCUT2D eigenvalue weighted by molar-refractivity contribution is 5.92. The summed E-state index contributed by atoms with van der Waals surface area (Å²) in [5.74, 6) is -0.427. The van der Waals surface area contributed by atoms with Crippen LogP contribution >= 0.6 is 0 Å². The lowest BCUT2D eigenvalue weighted by Crippen LogP contribution is -2.43. The van der Waals surface area contributed by atoms with Crippen LogP contribution in [-0.2, 0) is 9.53 Å². The summed E-state index contributed by atoms with van der Waals surface area (Å²) in [6.45, 7) is 5.60. The number of ether oxygens (including phenoxy) is 1. The van der Waals surface area contributed by atoms with Crippen LogP contribution in [-0.4, -0.2) is 36.1 Å². The predicted octanol–water partition coefficient (Wildman–Crippen LogP) is 2.07. The van der Waals surface area contributed by atoms with Crippen molar-refractivity contribution in [2.24, 2.45) is 0 Å². The normalized spacial score (nSPS) is 10.2. The summed E-state index contributed by atoms with van der Waals surface area (Å²) < 4.78 is 4.86. The van der Waals surface area contributed by atoms with Gasteiger partial charge in [0.15, 0.2) is 0 Å². The van der Waals surface area contributed by atoms with Gasteiger partial charge in [0.2, 0.25) is 0 Å². The largest absolute Gasteiger partial charge is 0.465 e. The monoisotopic (exact) mass is 279 g/mol. The van der Waals surface area contributed by atoms with Crippen LogP contribution in [0.2, 0.25) is 0 Å². The molecule has 0 saturated carbocycles. The smallest absolute Gasteiger partial charge is 0.325 e. The highest BCUT2D eigenvalue weighted by Gasteiger charge is 2.20. The van der Waals surface area contributed by atoms with Gasteiger partial charge in [-0.05, 0) is 39.0 Å². The van der Waals surface area contributed by atoms with Crippen LogP contribution in [0, 0.1) is 0 Å². The van der Waals surface area contributed by atoms with Gasteiger partial charge in [-0.3, -0.25) is 4.79 Å². The van der Waals surface area contributed by atoms with Crippen molar-refractivity contribution in [1.82, 2.24) is 4.90 Å². The SMILES string of the molecule is CCOC(=O)CN(C(=O)Nc1cccc(N)c1)C(C)C. The van der Waals surface area contributed by atoms with E-state index >= 15 is 0 Å². The molecule has 20 heavy (non-hydrogen) atoms. The van der Waals surface area contributed by atoms with Crippen molar-refractivity contribution >= 4 is 23.4 Å². The van der Waals surface area contributed by atoms with E-state index in [1.165, 1.54) is 4.90 Å². The summed E-state index contributed by atoms with van der Waals surface area (Å²) in [7, 11) is 0. The summed E-state index contributed by atoms with van der Waals surface area (Å²) in [5, 5.41) is 2.71. The van der Waals surface area contributed by atoms with Gasteiger partial charge in [-0.15, -0.1) is 0 Å². The van der Waals surface area contributed by atoms with Crippen LogP contribution in [0.15, 0.2) is 24.3 Å². The summed E-state index contributed by atoms with van der Waals surface area (Å²) in [4.78, 5) is 25.1. The third-order valence-corrected chi connectivity index (χ3v) is 2.63. The number of benzene rings is 1. The lowest BCUT2D eigenvalue weighted by Gasteiger charge is -2.25. The minimum absolute atomic E-state index is 0.0837. The third kappa shape index (κ3) is 4.79. The first-order chi connectivity index (χ1) is 9.43. The molecule has 0 aliphatic rings. The molecule has 0 atom stereocenters. The molecule has 0 aliphatic carbocycles. The molecule has 0 aromatic heterocycles. The van der Waals surface area contributed by atoms with E-state index in [0.29, 0.717) is 18.0 Å². The lowest BCUT2D eigenvalue weighted by molar-refractivity contribution is -0.144. The van der Waals surface area contributed by atoms with E-state index in [-0.39, 0.29) is 18.6 Å². The molecule has 0 spiro atoms. The second-order valence-corrected chi connectivity index (χ2v) is 4.58. The number of nitrogens with two attached hydrogens (primary N) is 1. The Kier molecular flexibility index (Phi) is 5.83. The van der Waals surface area contributed by atoms with Crippen LogP contribution in [0.1, 0.15) is 20.8 Å². The van der Waals surface area contributed by atoms with Gasteiger partial charge in [-0.1, -0.05) is 6.07 Å². The summed E-state index contributed by atoms with van der Waals surface area (Å²) in [5.41, 5.74) is 6.80. The number of esters is 1. The van der Waals surface area contributed by atoms with Gasteiger partial charge in [-0.25, -0.2) is 4.79 Å². The van der Waals surface area contributed by atoms with Crippen LogP contribution in [0.5, 0.6) is 0 Å². The Bertz CT molecular complexity index is 474. The zero-order valence-electron chi connectivity index (χ0n) is 12.1. The number of nitrogens with zero attached hydrogens (tertiary/aromatic N) is 1. The van der Waals surface area contributed by atoms with Gasteiger partial charge in [0.1, 0.15) is 6.54 Å². The first kappa shape index (κ1) is 15.8. The van der Waals surface area contributed by atoms with E-state index in [9.17, 15) is 9.59 Å². The predicted molar refractivity (Wildman–Crippen MR) is 78.3 cm³/mol. The molecule has 0 saturated heterocycles. The number of urea groups is 1. The van der Waals surface area contributed by atoms with E-state index < -0.39 is 5.97 Å². The van der Waals surface area contributed by atoms with Gasteiger partial charge < -0.3 is 20.7 Å². The molecule has 6 heteroatoms. The molecule has 1 aromatic rings. The fourth-order valence-corrected chi connectivity index (χ4v) is 1.65. The van der Waals surface area contributed by atoms with Crippen molar-refractivity contribution in [2.75, 3.05) is 24.2 Å².